The number of nitrogens with two attached hydrogens (primary N) is 1. The molecule has 1 aliphatic rings. The first-order valence-corrected chi connectivity index (χ1v) is 4.45. The molecule has 2 heterocycles. The van der Waals surface area contributed by atoms with Gasteiger partial charge in [0.25, 0.3) is 0 Å². The first kappa shape index (κ1) is 7.15. The van der Waals surface area contributed by atoms with E-state index in [0.29, 0.717) is 12.5 Å². The van der Waals surface area contributed by atoms with E-state index < -0.39 is 0 Å². The monoisotopic (exact) mass is 170 g/mol. The molecule has 1 fully saturated rings. The van der Waals surface area contributed by atoms with Crippen molar-refractivity contribution in [3.8, 4) is 0 Å². The molecule has 60 valence electrons. The maximum Gasteiger partial charge on any atom is 0.131 e. The molecule has 5 heteroatoms. The summed E-state index contributed by atoms with van der Waals surface area (Å²) in [6, 6.07) is 0. The Kier molecular flexibility index (Phi) is 1.85. The van der Waals surface area contributed by atoms with E-state index >= 15 is 0 Å². The summed E-state index contributed by atoms with van der Waals surface area (Å²) in [5.41, 5.74) is 5.42. The molecular weight excluding hydrogens is 160 g/mol. The molecule has 0 aromatic carbocycles. The lowest BCUT2D eigenvalue weighted by molar-refractivity contribution is 0.444. The molecule has 1 saturated heterocycles. The van der Waals surface area contributed by atoms with E-state index in [-0.39, 0.29) is 0 Å². The van der Waals surface area contributed by atoms with Gasteiger partial charge in [-0.2, -0.15) is 0 Å². The average molecular weight is 170 g/mol. The zero-order valence-electron chi connectivity index (χ0n) is 6.08. The standard InChI is InChI=1S/C6H10N4S/c7-1-5-9-10-6(11-5)4-2-8-3-4/h4,8H,1-3,7H2. The van der Waals surface area contributed by atoms with E-state index in [9.17, 15) is 0 Å². The van der Waals surface area contributed by atoms with E-state index in [4.69, 9.17) is 5.73 Å². The maximum absolute atomic E-state index is 5.42. The highest BCUT2D eigenvalue weighted by atomic mass is 32.1. The molecule has 0 saturated carbocycles. The first-order valence-electron chi connectivity index (χ1n) is 3.63. The minimum absolute atomic E-state index is 0.512. The molecule has 1 aromatic heterocycles. The second kappa shape index (κ2) is 2.84. The second-order valence-corrected chi connectivity index (χ2v) is 3.69. The number of aromatic nitrogens is 2. The predicted octanol–water partition coefficient (Wildman–Crippen LogP) is -0.316. The van der Waals surface area contributed by atoms with Crippen LogP contribution >= 0.6 is 11.3 Å². The minimum Gasteiger partial charge on any atom is -0.324 e. The van der Waals surface area contributed by atoms with Crippen LogP contribution < -0.4 is 11.1 Å². The van der Waals surface area contributed by atoms with Crippen molar-refractivity contribution in [2.45, 2.75) is 12.5 Å². The number of hydrogen-bond acceptors (Lipinski definition) is 5. The van der Waals surface area contributed by atoms with E-state index in [2.05, 4.69) is 15.5 Å². The quantitative estimate of drug-likeness (QED) is 0.638. The maximum atomic E-state index is 5.42. The smallest absolute Gasteiger partial charge is 0.131 e. The van der Waals surface area contributed by atoms with Gasteiger partial charge in [0.15, 0.2) is 0 Å². The molecule has 1 aliphatic heterocycles. The highest BCUT2D eigenvalue weighted by Crippen LogP contribution is 2.22. The van der Waals surface area contributed by atoms with Crippen LogP contribution in [0, 0.1) is 0 Å². The summed E-state index contributed by atoms with van der Waals surface area (Å²) in [7, 11) is 0. The summed E-state index contributed by atoms with van der Waals surface area (Å²) in [5, 5.41) is 13.3. The van der Waals surface area contributed by atoms with Gasteiger partial charge < -0.3 is 11.1 Å². The summed E-state index contributed by atoms with van der Waals surface area (Å²) >= 11 is 1.63. The average Bonchev–Trinajstić information content (AvgIpc) is 2.32. The molecule has 3 N–H and O–H groups in total. The molecular formula is C6H10N4S. The lowest BCUT2D eigenvalue weighted by atomic mass is 10.1. The molecule has 0 atom stereocenters. The highest BCUT2D eigenvalue weighted by molar-refractivity contribution is 7.11. The van der Waals surface area contributed by atoms with Crippen LogP contribution in [0.15, 0.2) is 0 Å². The number of nitrogens with one attached hydrogen (secondary N) is 1. The molecule has 0 amide bonds. The van der Waals surface area contributed by atoms with Crippen LogP contribution in [0.2, 0.25) is 0 Å². The topological polar surface area (TPSA) is 63.8 Å². The molecule has 0 radical (unpaired) electrons. The Bertz CT molecular complexity index is 242. The molecule has 0 unspecified atom stereocenters. The predicted molar refractivity (Wildman–Crippen MR) is 43.4 cm³/mol. The Hall–Kier alpha value is -0.520. The van der Waals surface area contributed by atoms with Crippen molar-refractivity contribution >= 4 is 11.3 Å². The fourth-order valence-corrected chi connectivity index (χ4v) is 1.80. The number of hydrogen-bond donors (Lipinski definition) is 2. The lowest BCUT2D eigenvalue weighted by Crippen LogP contribution is -2.39. The molecule has 1 aromatic rings. The first-order chi connectivity index (χ1) is 5.40. The van der Waals surface area contributed by atoms with Gasteiger partial charge in [0, 0.05) is 25.6 Å². The molecule has 11 heavy (non-hydrogen) atoms. The summed E-state index contributed by atoms with van der Waals surface area (Å²) in [6.45, 7) is 2.59. The Morgan fingerprint density at radius 2 is 2.36 bits per heavy atom. The Morgan fingerprint density at radius 3 is 2.82 bits per heavy atom. The Morgan fingerprint density at radius 1 is 1.55 bits per heavy atom. The van der Waals surface area contributed by atoms with Crippen molar-refractivity contribution in [1.29, 1.82) is 0 Å². The van der Waals surface area contributed by atoms with Gasteiger partial charge in [-0.25, -0.2) is 0 Å². The zero-order chi connectivity index (χ0) is 7.68. The molecule has 0 bridgehead atoms. The third-order valence-electron chi connectivity index (χ3n) is 1.79. The van der Waals surface area contributed by atoms with Gasteiger partial charge in [-0.3, -0.25) is 0 Å². The van der Waals surface area contributed by atoms with Crippen molar-refractivity contribution in [1.82, 2.24) is 15.5 Å². The number of nitrogens with zero attached hydrogens (tertiary/aromatic N) is 2. The van der Waals surface area contributed by atoms with Crippen molar-refractivity contribution in [3.05, 3.63) is 10.0 Å². The summed E-state index contributed by atoms with van der Waals surface area (Å²) in [6.07, 6.45) is 0. The van der Waals surface area contributed by atoms with Crippen LogP contribution in [0.1, 0.15) is 15.9 Å². The lowest BCUT2D eigenvalue weighted by Gasteiger charge is -2.23. The van der Waals surface area contributed by atoms with Crippen LogP contribution in [0.5, 0.6) is 0 Å². The third-order valence-corrected chi connectivity index (χ3v) is 2.90. The van der Waals surface area contributed by atoms with Crippen LogP contribution in [-0.4, -0.2) is 23.3 Å². The van der Waals surface area contributed by atoms with Gasteiger partial charge in [-0.1, -0.05) is 11.3 Å². The molecule has 4 nitrogen and oxygen atoms in total. The van der Waals surface area contributed by atoms with Crippen LogP contribution in [0.4, 0.5) is 0 Å². The van der Waals surface area contributed by atoms with E-state index in [0.717, 1.165) is 23.1 Å². The van der Waals surface area contributed by atoms with Gasteiger partial charge in [0.05, 0.1) is 0 Å². The fourth-order valence-electron chi connectivity index (χ4n) is 0.977. The van der Waals surface area contributed by atoms with E-state index in [1.807, 2.05) is 0 Å². The van der Waals surface area contributed by atoms with Gasteiger partial charge in [0.2, 0.25) is 0 Å². The van der Waals surface area contributed by atoms with Crippen LogP contribution in [-0.2, 0) is 6.54 Å². The van der Waals surface area contributed by atoms with Gasteiger partial charge >= 0.3 is 0 Å². The minimum atomic E-state index is 0.512. The van der Waals surface area contributed by atoms with Gasteiger partial charge in [0.1, 0.15) is 10.0 Å². The molecule has 0 spiro atoms. The highest BCUT2D eigenvalue weighted by Gasteiger charge is 2.22. The number of rotatable bonds is 2. The third kappa shape index (κ3) is 1.26. The Balaban J connectivity index is 2.11. The normalized spacial score (nSPS) is 18.3. The summed E-state index contributed by atoms with van der Waals surface area (Å²) in [5.74, 6) is 0.591. The van der Waals surface area contributed by atoms with Crippen molar-refractivity contribution < 1.29 is 0 Å². The van der Waals surface area contributed by atoms with E-state index in [1.54, 1.807) is 11.3 Å². The van der Waals surface area contributed by atoms with E-state index in [1.165, 1.54) is 0 Å². The summed E-state index contributed by atoms with van der Waals surface area (Å²) < 4.78 is 0. The van der Waals surface area contributed by atoms with Crippen LogP contribution in [0.3, 0.4) is 0 Å². The van der Waals surface area contributed by atoms with Gasteiger partial charge in [-0.05, 0) is 0 Å². The molecule has 0 aliphatic carbocycles. The van der Waals surface area contributed by atoms with Crippen molar-refractivity contribution in [2.24, 2.45) is 5.73 Å². The SMILES string of the molecule is NCc1nnc(C2CNC2)s1. The molecule has 2 rings (SSSR count). The Labute approximate surface area is 68.8 Å². The largest absolute Gasteiger partial charge is 0.324 e. The summed E-state index contributed by atoms with van der Waals surface area (Å²) in [4.78, 5) is 0. The zero-order valence-corrected chi connectivity index (χ0v) is 6.90. The van der Waals surface area contributed by atoms with Crippen molar-refractivity contribution in [3.63, 3.8) is 0 Å². The fraction of sp³-hybridized carbons (Fsp3) is 0.667. The second-order valence-electron chi connectivity index (χ2n) is 2.59. The van der Waals surface area contributed by atoms with Crippen molar-refractivity contribution in [2.75, 3.05) is 13.1 Å². The van der Waals surface area contributed by atoms with Gasteiger partial charge in [-0.15, -0.1) is 10.2 Å². The van der Waals surface area contributed by atoms with Crippen LogP contribution in [0.25, 0.3) is 0 Å².